The largest absolute Gasteiger partial charge is 0.350 e. The van der Waals surface area contributed by atoms with Gasteiger partial charge in [-0.25, -0.2) is 0 Å². The maximum absolute atomic E-state index is 10.9. The smallest absolute Gasteiger partial charge is 0.220 e. The average molecular weight is 183 g/mol. The van der Waals surface area contributed by atoms with Crippen LogP contribution in [0.4, 0.5) is 0 Å². The van der Waals surface area contributed by atoms with Gasteiger partial charge in [-0.15, -0.1) is 6.58 Å². The van der Waals surface area contributed by atoms with E-state index in [1.54, 1.807) is 0 Å². The SMILES string of the molecule is C=CCC1(CC)CCC(=O)N1.CC. The number of carbonyl (C=O) groups is 1. The third-order valence-electron chi connectivity index (χ3n) is 2.45. The van der Waals surface area contributed by atoms with Crippen molar-refractivity contribution in [2.45, 2.75) is 52.0 Å². The Morgan fingerprint density at radius 2 is 2.23 bits per heavy atom. The van der Waals surface area contributed by atoms with Gasteiger partial charge in [-0.05, 0) is 19.3 Å². The molecule has 1 aliphatic heterocycles. The topological polar surface area (TPSA) is 29.1 Å². The summed E-state index contributed by atoms with van der Waals surface area (Å²) in [6, 6.07) is 0. The molecule has 0 aliphatic carbocycles. The first kappa shape index (κ1) is 12.2. The van der Waals surface area contributed by atoms with E-state index in [1.165, 1.54) is 0 Å². The van der Waals surface area contributed by atoms with Crippen LogP contribution in [0.1, 0.15) is 46.5 Å². The Balaban J connectivity index is 0.000000671. The van der Waals surface area contributed by atoms with E-state index in [4.69, 9.17) is 0 Å². The molecule has 0 bridgehead atoms. The fourth-order valence-corrected chi connectivity index (χ4v) is 1.61. The van der Waals surface area contributed by atoms with E-state index in [9.17, 15) is 4.79 Å². The summed E-state index contributed by atoms with van der Waals surface area (Å²) in [6.07, 6.45) is 5.44. The summed E-state index contributed by atoms with van der Waals surface area (Å²) in [5.41, 5.74) is 0.0405. The van der Waals surface area contributed by atoms with E-state index in [1.807, 2.05) is 19.9 Å². The van der Waals surface area contributed by atoms with Crippen LogP contribution in [0, 0.1) is 0 Å². The van der Waals surface area contributed by atoms with Gasteiger partial charge < -0.3 is 5.32 Å². The second-order valence-corrected chi connectivity index (χ2v) is 3.17. The number of amides is 1. The third kappa shape index (κ3) is 3.21. The van der Waals surface area contributed by atoms with Crippen molar-refractivity contribution in [2.24, 2.45) is 0 Å². The molecule has 13 heavy (non-hydrogen) atoms. The van der Waals surface area contributed by atoms with Gasteiger partial charge in [-0.3, -0.25) is 4.79 Å². The molecule has 1 saturated heterocycles. The number of carbonyl (C=O) groups excluding carboxylic acids is 1. The molecule has 0 aromatic carbocycles. The van der Waals surface area contributed by atoms with Gasteiger partial charge in [0.25, 0.3) is 0 Å². The highest BCUT2D eigenvalue weighted by Gasteiger charge is 2.34. The minimum Gasteiger partial charge on any atom is -0.350 e. The lowest BCUT2D eigenvalue weighted by Crippen LogP contribution is -2.40. The molecule has 1 atom stereocenters. The molecular formula is C11H21NO. The maximum Gasteiger partial charge on any atom is 0.220 e. The zero-order chi connectivity index (χ0) is 10.3. The number of hydrogen-bond acceptors (Lipinski definition) is 1. The maximum atomic E-state index is 10.9. The summed E-state index contributed by atoms with van der Waals surface area (Å²) in [5.74, 6) is 0.189. The van der Waals surface area contributed by atoms with Crippen molar-refractivity contribution in [1.82, 2.24) is 5.32 Å². The summed E-state index contributed by atoms with van der Waals surface area (Å²) in [5, 5.41) is 3.01. The zero-order valence-electron chi connectivity index (χ0n) is 9.02. The van der Waals surface area contributed by atoms with Gasteiger partial charge >= 0.3 is 0 Å². The van der Waals surface area contributed by atoms with Gasteiger partial charge in [0.05, 0.1) is 0 Å². The van der Waals surface area contributed by atoms with Crippen LogP contribution in [0.3, 0.4) is 0 Å². The minimum atomic E-state index is 0.0405. The highest BCUT2D eigenvalue weighted by Crippen LogP contribution is 2.27. The quantitative estimate of drug-likeness (QED) is 0.670. The summed E-state index contributed by atoms with van der Waals surface area (Å²) in [6.45, 7) is 9.80. The molecule has 1 unspecified atom stereocenters. The van der Waals surface area contributed by atoms with E-state index in [0.29, 0.717) is 6.42 Å². The van der Waals surface area contributed by atoms with Gasteiger partial charge in [0.1, 0.15) is 0 Å². The second kappa shape index (κ2) is 5.79. The van der Waals surface area contributed by atoms with Crippen molar-refractivity contribution in [3.8, 4) is 0 Å². The monoisotopic (exact) mass is 183 g/mol. The second-order valence-electron chi connectivity index (χ2n) is 3.17. The van der Waals surface area contributed by atoms with Crippen molar-refractivity contribution in [1.29, 1.82) is 0 Å². The van der Waals surface area contributed by atoms with Gasteiger partial charge in [0.2, 0.25) is 5.91 Å². The number of nitrogens with one attached hydrogen (secondary N) is 1. The molecule has 2 nitrogen and oxygen atoms in total. The molecular weight excluding hydrogens is 162 g/mol. The molecule has 0 aromatic rings. The summed E-state index contributed by atoms with van der Waals surface area (Å²) < 4.78 is 0. The normalized spacial score (nSPS) is 25.9. The first-order valence-corrected chi connectivity index (χ1v) is 5.14. The van der Waals surface area contributed by atoms with Gasteiger partial charge in [-0.2, -0.15) is 0 Å². The third-order valence-corrected chi connectivity index (χ3v) is 2.45. The molecule has 1 fully saturated rings. The van der Waals surface area contributed by atoms with Crippen LogP contribution in [-0.2, 0) is 4.79 Å². The molecule has 1 heterocycles. The molecule has 0 saturated carbocycles. The lowest BCUT2D eigenvalue weighted by Gasteiger charge is -2.25. The van der Waals surface area contributed by atoms with Gasteiger partial charge in [-0.1, -0.05) is 26.8 Å². The molecule has 76 valence electrons. The van der Waals surface area contributed by atoms with Crippen molar-refractivity contribution < 1.29 is 4.79 Å². The lowest BCUT2D eigenvalue weighted by atomic mass is 9.91. The van der Waals surface area contributed by atoms with Crippen LogP contribution < -0.4 is 5.32 Å². The van der Waals surface area contributed by atoms with Crippen molar-refractivity contribution in [3.63, 3.8) is 0 Å². The molecule has 1 rings (SSSR count). The molecule has 1 amide bonds. The lowest BCUT2D eigenvalue weighted by molar-refractivity contribution is -0.119. The summed E-state index contributed by atoms with van der Waals surface area (Å²) in [4.78, 5) is 10.9. The first-order chi connectivity index (χ1) is 6.22. The van der Waals surface area contributed by atoms with Gasteiger partial charge in [0.15, 0.2) is 0 Å². The van der Waals surface area contributed by atoms with E-state index in [-0.39, 0.29) is 11.4 Å². The van der Waals surface area contributed by atoms with Crippen molar-refractivity contribution >= 4 is 5.91 Å². The van der Waals surface area contributed by atoms with E-state index >= 15 is 0 Å². The molecule has 1 N–H and O–H groups in total. The summed E-state index contributed by atoms with van der Waals surface area (Å²) >= 11 is 0. The highest BCUT2D eigenvalue weighted by molar-refractivity contribution is 5.79. The predicted molar refractivity (Wildman–Crippen MR) is 56.6 cm³/mol. The van der Waals surface area contributed by atoms with Crippen LogP contribution in [0.25, 0.3) is 0 Å². The Morgan fingerprint density at radius 1 is 1.62 bits per heavy atom. The Bertz CT molecular complexity index is 177. The average Bonchev–Trinajstić information content (AvgIpc) is 2.53. The molecule has 0 aromatic heterocycles. The Morgan fingerprint density at radius 3 is 2.54 bits per heavy atom. The van der Waals surface area contributed by atoms with E-state index < -0.39 is 0 Å². The standard InChI is InChI=1S/C9H15NO.C2H6/c1-3-6-9(4-2)7-5-8(11)10-9;1-2/h3H,1,4-7H2,2H3,(H,10,11);1-2H3. The Kier molecular flexibility index (Phi) is 5.44. The van der Waals surface area contributed by atoms with Crippen LogP contribution in [0.2, 0.25) is 0 Å². The number of hydrogen-bond donors (Lipinski definition) is 1. The highest BCUT2D eigenvalue weighted by atomic mass is 16.2. The van der Waals surface area contributed by atoms with Crippen LogP contribution >= 0.6 is 0 Å². The van der Waals surface area contributed by atoms with Crippen LogP contribution in [0.15, 0.2) is 12.7 Å². The van der Waals surface area contributed by atoms with Crippen molar-refractivity contribution in [3.05, 3.63) is 12.7 Å². The fourth-order valence-electron chi connectivity index (χ4n) is 1.61. The predicted octanol–water partition coefficient (Wildman–Crippen LogP) is 2.65. The molecule has 0 spiro atoms. The summed E-state index contributed by atoms with van der Waals surface area (Å²) in [7, 11) is 0. The van der Waals surface area contributed by atoms with E-state index in [0.717, 1.165) is 19.3 Å². The van der Waals surface area contributed by atoms with Crippen LogP contribution in [0.5, 0.6) is 0 Å². The zero-order valence-corrected chi connectivity index (χ0v) is 9.02. The van der Waals surface area contributed by atoms with Crippen molar-refractivity contribution in [2.75, 3.05) is 0 Å². The molecule has 1 aliphatic rings. The van der Waals surface area contributed by atoms with E-state index in [2.05, 4.69) is 18.8 Å². The molecule has 2 heteroatoms. The Labute approximate surface area is 81.4 Å². The Hall–Kier alpha value is -0.790. The first-order valence-electron chi connectivity index (χ1n) is 5.14. The van der Waals surface area contributed by atoms with Gasteiger partial charge in [0, 0.05) is 12.0 Å². The molecule has 0 radical (unpaired) electrons. The minimum absolute atomic E-state index is 0.0405. The van der Waals surface area contributed by atoms with Crippen LogP contribution in [-0.4, -0.2) is 11.4 Å². The fraction of sp³-hybridized carbons (Fsp3) is 0.727. The number of rotatable bonds is 3.